The first kappa shape index (κ1) is 18.1. The Morgan fingerprint density at radius 1 is 1.15 bits per heavy atom. The fourth-order valence-corrected chi connectivity index (χ4v) is 2.25. The normalized spacial score (nSPS) is 10.3. The molecule has 138 valence electrons. The number of hydrogen-bond acceptors (Lipinski definition) is 7. The monoisotopic (exact) mass is 367 g/mol. The lowest BCUT2D eigenvalue weighted by molar-refractivity contribution is -0.118. The number of hydrogen-bond donors (Lipinski definition) is 1. The van der Waals surface area contributed by atoms with E-state index in [1.807, 2.05) is 6.07 Å². The van der Waals surface area contributed by atoms with E-state index in [2.05, 4.69) is 20.8 Å². The minimum atomic E-state index is -0.402. The van der Waals surface area contributed by atoms with Crippen LogP contribution in [-0.4, -0.2) is 45.3 Å². The van der Waals surface area contributed by atoms with Crippen LogP contribution in [0.2, 0.25) is 0 Å². The molecule has 0 saturated heterocycles. The first-order chi connectivity index (χ1) is 13.2. The molecule has 0 aliphatic heterocycles. The highest BCUT2D eigenvalue weighted by Gasteiger charge is 2.08. The Hall–Kier alpha value is -3.75. The lowest BCUT2D eigenvalue weighted by Crippen LogP contribution is -2.20. The summed E-state index contributed by atoms with van der Waals surface area (Å²) in [5, 5.41) is 13.6. The van der Waals surface area contributed by atoms with E-state index in [4.69, 9.17) is 9.47 Å². The van der Waals surface area contributed by atoms with E-state index < -0.39 is 5.97 Å². The van der Waals surface area contributed by atoms with Gasteiger partial charge in [-0.15, -0.1) is 5.10 Å². The zero-order valence-corrected chi connectivity index (χ0v) is 14.5. The quantitative estimate of drug-likeness (QED) is 0.635. The SMILES string of the molecule is CCOC(=O)c1ccc(NC(=O)COc2cccc(-n3cnnn3)c2)cc1. The van der Waals surface area contributed by atoms with E-state index in [1.54, 1.807) is 49.4 Å². The molecular formula is C18H17N5O4. The van der Waals surface area contributed by atoms with Gasteiger partial charge in [-0.05, 0) is 53.7 Å². The number of carbonyl (C=O) groups excluding carboxylic acids is 2. The van der Waals surface area contributed by atoms with E-state index in [9.17, 15) is 9.59 Å². The van der Waals surface area contributed by atoms with Gasteiger partial charge in [0.2, 0.25) is 0 Å². The van der Waals surface area contributed by atoms with Gasteiger partial charge in [-0.3, -0.25) is 4.79 Å². The Labute approximate surface area is 154 Å². The highest BCUT2D eigenvalue weighted by atomic mass is 16.5. The molecule has 1 heterocycles. The topological polar surface area (TPSA) is 108 Å². The van der Waals surface area contributed by atoms with Crippen molar-refractivity contribution in [1.82, 2.24) is 20.2 Å². The molecule has 0 fully saturated rings. The summed E-state index contributed by atoms with van der Waals surface area (Å²) in [5.41, 5.74) is 1.69. The third-order valence-electron chi connectivity index (χ3n) is 3.48. The number of nitrogens with zero attached hydrogens (tertiary/aromatic N) is 4. The van der Waals surface area contributed by atoms with Gasteiger partial charge in [0.1, 0.15) is 12.1 Å². The number of esters is 1. The number of rotatable bonds is 7. The Morgan fingerprint density at radius 2 is 1.96 bits per heavy atom. The molecule has 0 radical (unpaired) electrons. The maximum atomic E-state index is 12.1. The van der Waals surface area contributed by atoms with Gasteiger partial charge in [0.05, 0.1) is 17.9 Å². The van der Waals surface area contributed by atoms with E-state index in [0.29, 0.717) is 29.3 Å². The molecule has 0 bridgehead atoms. The second kappa shape index (κ2) is 8.56. The summed E-state index contributed by atoms with van der Waals surface area (Å²) in [6.45, 7) is 1.88. The highest BCUT2D eigenvalue weighted by molar-refractivity contribution is 5.93. The molecule has 0 saturated carbocycles. The van der Waals surface area contributed by atoms with Crippen molar-refractivity contribution in [2.75, 3.05) is 18.5 Å². The van der Waals surface area contributed by atoms with Crippen LogP contribution in [0.3, 0.4) is 0 Å². The Morgan fingerprint density at radius 3 is 2.67 bits per heavy atom. The maximum absolute atomic E-state index is 12.1. The number of aromatic nitrogens is 4. The van der Waals surface area contributed by atoms with Gasteiger partial charge in [-0.2, -0.15) is 0 Å². The number of carbonyl (C=O) groups is 2. The summed E-state index contributed by atoms with van der Waals surface area (Å²) in [5.74, 6) is -0.219. The summed E-state index contributed by atoms with van der Waals surface area (Å²) >= 11 is 0. The fourth-order valence-electron chi connectivity index (χ4n) is 2.25. The minimum Gasteiger partial charge on any atom is -0.484 e. The Kier molecular flexibility index (Phi) is 5.73. The van der Waals surface area contributed by atoms with Crippen molar-refractivity contribution in [3.05, 3.63) is 60.4 Å². The number of tetrazole rings is 1. The van der Waals surface area contributed by atoms with Gasteiger partial charge in [-0.1, -0.05) is 6.07 Å². The van der Waals surface area contributed by atoms with Crippen molar-refractivity contribution in [3.63, 3.8) is 0 Å². The van der Waals surface area contributed by atoms with E-state index >= 15 is 0 Å². The molecule has 0 spiro atoms. The van der Waals surface area contributed by atoms with Crippen LogP contribution < -0.4 is 10.1 Å². The molecule has 3 aromatic rings. The zero-order chi connectivity index (χ0) is 19.1. The van der Waals surface area contributed by atoms with Gasteiger partial charge in [-0.25, -0.2) is 9.48 Å². The minimum absolute atomic E-state index is 0.168. The van der Waals surface area contributed by atoms with E-state index in [1.165, 1.54) is 11.0 Å². The zero-order valence-electron chi connectivity index (χ0n) is 14.5. The standard InChI is InChI=1S/C18H17N5O4/c1-2-26-18(25)13-6-8-14(9-7-13)20-17(24)11-27-16-5-3-4-15(10-16)23-12-19-21-22-23/h3-10,12H,2,11H2,1H3,(H,20,24). The lowest BCUT2D eigenvalue weighted by atomic mass is 10.2. The average molecular weight is 367 g/mol. The molecule has 0 aliphatic rings. The molecule has 1 aromatic heterocycles. The van der Waals surface area contributed by atoms with Gasteiger partial charge in [0.15, 0.2) is 6.61 Å². The van der Waals surface area contributed by atoms with Crippen molar-refractivity contribution in [1.29, 1.82) is 0 Å². The first-order valence-corrected chi connectivity index (χ1v) is 8.19. The van der Waals surface area contributed by atoms with Crippen molar-refractivity contribution >= 4 is 17.6 Å². The Bertz CT molecular complexity index is 910. The number of amides is 1. The first-order valence-electron chi connectivity index (χ1n) is 8.19. The number of ether oxygens (including phenoxy) is 2. The lowest BCUT2D eigenvalue weighted by Gasteiger charge is -2.09. The van der Waals surface area contributed by atoms with E-state index in [0.717, 1.165) is 0 Å². The van der Waals surface area contributed by atoms with Crippen molar-refractivity contribution in [2.45, 2.75) is 6.92 Å². The maximum Gasteiger partial charge on any atom is 0.338 e. The van der Waals surface area contributed by atoms with Gasteiger partial charge < -0.3 is 14.8 Å². The number of nitrogens with one attached hydrogen (secondary N) is 1. The van der Waals surface area contributed by atoms with Crippen LogP contribution in [0, 0.1) is 0 Å². The average Bonchev–Trinajstić information content (AvgIpc) is 3.22. The van der Waals surface area contributed by atoms with Gasteiger partial charge in [0.25, 0.3) is 5.91 Å². The summed E-state index contributed by atoms with van der Waals surface area (Å²) in [4.78, 5) is 23.7. The van der Waals surface area contributed by atoms with Crippen molar-refractivity contribution < 1.29 is 19.1 Å². The molecule has 27 heavy (non-hydrogen) atoms. The van der Waals surface area contributed by atoms with Crippen molar-refractivity contribution in [3.8, 4) is 11.4 Å². The second-order valence-corrected chi connectivity index (χ2v) is 5.39. The van der Waals surface area contributed by atoms with Crippen LogP contribution in [0.25, 0.3) is 5.69 Å². The molecule has 3 rings (SSSR count). The summed E-state index contributed by atoms with van der Waals surface area (Å²) < 4.78 is 11.9. The predicted octanol–water partition coefficient (Wildman–Crippen LogP) is 1.86. The molecule has 0 atom stereocenters. The molecular weight excluding hydrogens is 350 g/mol. The van der Waals surface area contributed by atoms with Crippen LogP contribution >= 0.6 is 0 Å². The van der Waals surface area contributed by atoms with E-state index in [-0.39, 0.29) is 12.5 Å². The molecule has 1 N–H and O–H groups in total. The van der Waals surface area contributed by atoms with Crippen LogP contribution in [0.4, 0.5) is 5.69 Å². The Balaban J connectivity index is 1.54. The van der Waals surface area contributed by atoms with Crippen LogP contribution in [0.5, 0.6) is 5.75 Å². The van der Waals surface area contributed by atoms with Gasteiger partial charge in [0, 0.05) is 11.8 Å². The van der Waals surface area contributed by atoms with Crippen LogP contribution in [0.1, 0.15) is 17.3 Å². The third-order valence-corrected chi connectivity index (χ3v) is 3.48. The summed E-state index contributed by atoms with van der Waals surface area (Å²) in [6, 6.07) is 13.5. The van der Waals surface area contributed by atoms with Crippen LogP contribution in [0.15, 0.2) is 54.9 Å². The van der Waals surface area contributed by atoms with Crippen LogP contribution in [-0.2, 0) is 9.53 Å². The number of benzene rings is 2. The molecule has 2 aromatic carbocycles. The van der Waals surface area contributed by atoms with Gasteiger partial charge >= 0.3 is 5.97 Å². The molecule has 0 aliphatic carbocycles. The second-order valence-electron chi connectivity index (χ2n) is 5.39. The highest BCUT2D eigenvalue weighted by Crippen LogP contribution is 2.16. The predicted molar refractivity (Wildman–Crippen MR) is 95.7 cm³/mol. The summed E-state index contributed by atoms with van der Waals surface area (Å²) in [7, 11) is 0. The molecule has 9 nitrogen and oxygen atoms in total. The molecule has 9 heteroatoms. The largest absolute Gasteiger partial charge is 0.484 e. The molecule has 1 amide bonds. The smallest absolute Gasteiger partial charge is 0.338 e. The van der Waals surface area contributed by atoms with Crippen molar-refractivity contribution in [2.24, 2.45) is 0 Å². The fraction of sp³-hybridized carbons (Fsp3) is 0.167. The number of anilines is 1. The molecule has 0 unspecified atom stereocenters. The summed E-state index contributed by atoms with van der Waals surface area (Å²) in [6.07, 6.45) is 1.46. The third kappa shape index (κ3) is 4.88.